The first-order valence-corrected chi connectivity index (χ1v) is 15.2. The summed E-state index contributed by atoms with van der Waals surface area (Å²) >= 11 is 12.5. The number of fused-ring (bicyclic) bond motifs is 4. The molecule has 6 rings (SSSR count). The molecule has 0 unspecified atom stereocenters. The van der Waals surface area contributed by atoms with E-state index in [9.17, 15) is 14.4 Å². The van der Waals surface area contributed by atoms with E-state index >= 15 is 0 Å². The fraction of sp³-hybridized carbons (Fsp3) is 0.0789. The highest BCUT2D eigenvalue weighted by atomic mass is 35.5. The summed E-state index contributed by atoms with van der Waals surface area (Å²) in [5, 5.41) is 4.34. The Morgan fingerprint density at radius 2 is 1.38 bits per heavy atom. The van der Waals surface area contributed by atoms with E-state index in [2.05, 4.69) is 0 Å². The first-order valence-electron chi connectivity index (χ1n) is 14.5. The zero-order valence-corrected chi connectivity index (χ0v) is 27.1. The van der Waals surface area contributed by atoms with Gasteiger partial charge in [0.2, 0.25) is 5.52 Å². The molecule has 0 aliphatic rings. The second-order valence-corrected chi connectivity index (χ2v) is 11.3. The number of halogens is 2. The molecule has 5 aromatic carbocycles. The summed E-state index contributed by atoms with van der Waals surface area (Å²) in [4.78, 5) is 40.6. The van der Waals surface area contributed by atoms with Crippen LogP contribution in [0.2, 0.25) is 10.0 Å². The van der Waals surface area contributed by atoms with Crippen molar-refractivity contribution in [1.29, 1.82) is 0 Å². The van der Waals surface area contributed by atoms with Crippen molar-refractivity contribution in [1.82, 2.24) is 0 Å². The van der Waals surface area contributed by atoms with Crippen LogP contribution in [0.1, 0.15) is 27.0 Å². The minimum Gasteiger partial charge on any atom is -0.490 e. The summed E-state index contributed by atoms with van der Waals surface area (Å²) in [7, 11) is 3.82. The van der Waals surface area contributed by atoms with Gasteiger partial charge < -0.3 is 14.2 Å². The lowest BCUT2D eigenvalue weighted by Gasteiger charge is -2.15. The first-order chi connectivity index (χ1) is 22.8. The molecule has 7 nitrogen and oxygen atoms in total. The number of hydrogen-bond donors (Lipinski definition) is 0. The second-order valence-electron chi connectivity index (χ2n) is 10.5. The Hall–Kier alpha value is -5.37. The van der Waals surface area contributed by atoms with Crippen LogP contribution in [0.4, 0.5) is 0 Å². The van der Waals surface area contributed by atoms with Gasteiger partial charge in [-0.2, -0.15) is 4.57 Å². The number of nitrogens with zero attached hydrogens (tertiary/aromatic N) is 1. The lowest BCUT2D eigenvalue weighted by molar-refractivity contribution is -0.548. The van der Waals surface area contributed by atoms with Gasteiger partial charge in [0.25, 0.3) is 11.7 Å². The van der Waals surface area contributed by atoms with Crippen LogP contribution in [0.25, 0.3) is 55.9 Å². The van der Waals surface area contributed by atoms with Crippen LogP contribution in [0.5, 0.6) is 0 Å². The summed E-state index contributed by atoms with van der Waals surface area (Å²) in [5.74, 6) is -2.05. The maximum atomic E-state index is 13.9. The number of carbonyl (C=O) groups excluding carboxylic acids is 3. The van der Waals surface area contributed by atoms with Crippen molar-refractivity contribution < 1.29 is 33.2 Å². The fourth-order valence-corrected chi connectivity index (χ4v) is 6.38. The SMILES string of the molecule is COC(=O)/C(=C(/C(=O)OC)[n+]1ccc(/C=C/c2ccc(Cl)cc2Cl)c2ccccc21)[c-]1c2ccccc2c2c(C(=O)OC)cccc21. The van der Waals surface area contributed by atoms with Crippen molar-refractivity contribution in [3.63, 3.8) is 0 Å². The molecule has 0 atom stereocenters. The Morgan fingerprint density at radius 1 is 0.702 bits per heavy atom. The Labute approximate surface area is 280 Å². The predicted molar refractivity (Wildman–Crippen MR) is 185 cm³/mol. The molecule has 0 amide bonds. The van der Waals surface area contributed by atoms with Crippen LogP contribution in [0, 0.1) is 0 Å². The number of aromatic nitrogens is 1. The van der Waals surface area contributed by atoms with Crippen LogP contribution in [-0.4, -0.2) is 39.2 Å². The smallest absolute Gasteiger partial charge is 0.379 e. The molecular formula is C38H27Cl2NO6. The highest BCUT2D eigenvalue weighted by molar-refractivity contribution is 6.39. The quantitative estimate of drug-likeness (QED) is 0.0564. The number of hydrogen-bond acceptors (Lipinski definition) is 6. The Bertz CT molecular complexity index is 2300. The largest absolute Gasteiger partial charge is 0.490 e. The molecule has 6 aromatic rings. The molecule has 1 aromatic heterocycles. The van der Waals surface area contributed by atoms with Gasteiger partial charge in [0.05, 0.1) is 32.3 Å². The Kier molecular flexibility index (Phi) is 8.85. The molecule has 0 bridgehead atoms. The minimum absolute atomic E-state index is 0.0287. The molecule has 9 heteroatoms. The van der Waals surface area contributed by atoms with Crippen molar-refractivity contribution in [3.05, 3.63) is 129 Å². The van der Waals surface area contributed by atoms with Crippen molar-refractivity contribution in [3.8, 4) is 0 Å². The first kappa shape index (κ1) is 31.6. The molecule has 0 fully saturated rings. The van der Waals surface area contributed by atoms with Gasteiger partial charge >= 0.3 is 11.9 Å². The third kappa shape index (κ3) is 5.65. The van der Waals surface area contributed by atoms with Crippen LogP contribution in [-0.2, 0) is 23.8 Å². The Morgan fingerprint density at radius 3 is 2.11 bits per heavy atom. The van der Waals surface area contributed by atoms with Crippen molar-refractivity contribution >= 4 is 97.0 Å². The van der Waals surface area contributed by atoms with Crippen molar-refractivity contribution in [2.75, 3.05) is 21.3 Å². The van der Waals surface area contributed by atoms with E-state index in [1.54, 1.807) is 41.1 Å². The van der Waals surface area contributed by atoms with Crippen LogP contribution in [0.15, 0.2) is 97.2 Å². The highest BCUT2D eigenvalue weighted by Crippen LogP contribution is 2.41. The molecule has 234 valence electrons. The molecule has 0 saturated heterocycles. The van der Waals surface area contributed by atoms with Gasteiger partial charge in [-0.1, -0.05) is 123 Å². The van der Waals surface area contributed by atoms with Crippen LogP contribution >= 0.6 is 23.2 Å². The summed E-state index contributed by atoms with van der Waals surface area (Å²) in [5.41, 5.74) is 2.89. The van der Waals surface area contributed by atoms with Gasteiger partial charge in [0.1, 0.15) is 0 Å². The minimum atomic E-state index is -0.764. The third-order valence-electron chi connectivity index (χ3n) is 7.98. The van der Waals surface area contributed by atoms with E-state index in [-0.39, 0.29) is 11.3 Å². The number of ether oxygens (including phenoxy) is 3. The number of carbonyl (C=O) groups is 3. The van der Waals surface area contributed by atoms with Crippen LogP contribution in [0.3, 0.4) is 0 Å². The van der Waals surface area contributed by atoms with Crippen molar-refractivity contribution in [2.24, 2.45) is 0 Å². The Balaban J connectivity index is 1.69. The average molecular weight is 665 g/mol. The monoisotopic (exact) mass is 663 g/mol. The van der Waals surface area contributed by atoms with E-state index in [0.29, 0.717) is 48.2 Å². The highest BCUT2D eigenvalue weighted by Gasteiger charge is 2.32. The van der Waals surface area contributed by atoms with Crippen LogP contribution < -0.4 is 4.57 Å². The van der Waals surface area contributed by atoms with Gasteiger partial charge in [-0.3, -0.25) is 4.79 Å². The molecule has 0 radical (unpaired) electrons. The molecular weight excluding hydrogens is 637 g/mol. The zero-order chi connectivity index (χ0) is 33.2. The topological polar surface area (TPSA) is 82.8 Å². The predicted octanol–water partition coefficient (Wildman–Crippen LogP) is 8.13. The maximum absolute atomic E-state index is 13.9. The number of para-hydroxylation sites is 1. The van der Waals surface area contributed by atoms with E-state index in [1.807, 2.05) is 72.8 Å². The average Bonchev–Trinajstić information content (AvgIpc) is 3.43. The second kappa shape index (κ2) is 13.2. The standard InChI is InChI=1S/C38H27Cl2NO6/c1-45-36(42)29-13-8-12-28-32(29)26-10-4-5-11-27(26)33(28)34(37(43)46-2)35(38(44)47-3)41-20-19-22(25-9-6-7-14-31(25)41)15-16-23-17-18-24(39)21-30(23)40/h4-21H,1-3H3/b16-15+,35-34-. The van der Waals surface area contributed by atoms with E-state index in [4.69, 9.17) is 37.4 Å². The van der Waals surface area contributed by atoms with Crippen molar-refractivity contribution in [2.45, 2.75) is 0 Å². The number of esters is 3. The number of benzene rings is 4. The molecule has 0 spiro atoms. The molecule has 0 N–H and O–H groups in total. The summed E-state index contributed by atoms with van der Waals surface area (Å²) in [6.45, 7) is 0. The van der Waals surface area contributed by atoms with E-state index in [0.717, 1.165) is 16.5 Å². The maximum Gasteiger partial charge on any atom is 0.379 e. The fourth-order valence-electron chi connectivity index (χ4n) is 5.91. The normalized spacial score (nSPS) is 12.0. The lowest BCUT2D eigenvalue weighted by Crippen LogP contribution is -2.39. The summed E-state index contributed by atoms with van der Waals surface area (Å²) in [6, 6.07) is 27.1. The van der Waals surface area contributed by atoms with Gasteiger partial charge in [-0.05, 0) is 29.3 Å². The summed E-state index contributed by atoms with van der Waals surface area (Å²) in [6.07, 6.45) is 5.49. The molecule has 0 aliphatic heterocycles. The molecule has 0 saturated carbocycles. The van der Waals surface area contributed by atoms with E-state index < -0.39 is 17.9 Å². The zero-order valence-electron chi connectivity index (χ0n) is 25.5. The summed E-state index contributed by atoms with van der Waals surface area (Å²) < 4.78 is 17.3. The third-order valence-corrected chi connectivity index (χ3v) is 8.55. The number of rotatable bonds is 7. The molecule has 47 heavy (non-hydrogen) atoms. The number of pyridine rings is 1. The molecule has 0 aliphatic carbocycles. The lowest BCUT2D eigenvalue weighted by atomic mass is 9.98. The van der Waals surface area contributed by atoms with Gasteiger partial charge in [-0.15, -0.1) is 0 Å². The van der Waals surface area contributed by atoms with Gasteiger partial charge in [0.15, 0.2) is 6.20 Å². The van der Waals surface area contributed by atoms with Gasteiger partial charge in [0, 0.05) is 27.7 Å². The number of methoxy groups -OCH3 is 3. The van der Waals surface area contributed by atoms with Gasteiger partial charge in [-0.25, -0.2) is 9.59 Å². The molecule has 1 heterocycles. The van der Waals surface area contributed by atoms with E-state index in [1.165, 1.54) is 21.3 Å².